The van der Waals surface area contributed by atoms with Crippen molar-refractivity contribution >= 4 is 25.8 Å². The molecule has 4 rings (SSSR count). The monoisotopic (exact) mass is 519 g/mol. The molecule has 0 spiro atoms. The smallest absolute Gasteiger partial charge is 0.185 e. The zero-order chi connectivity index (χ0) is 23.1. The van der Waals surface area contributed by atoms with Gasteiger partial charge in [-0.1, -0.05) is 101 Å². The van der Waals surface area contributed by atoms with Gasteiger partial charge in [0.2, 0.25) is 0 Å². The van der Waals surface area contributed by atoms with Crippen LogP contribution in [0.2, 0.25) is 0 Å². The van der Waals surface area contributed by atoms with Gasteiger partial charge in [-0.3, -0.25) is 0 Å². The van der Waals surface area contributed by atoms with Crippen LogP contribution in [0.15, 0.2) is 119 Å². The van der Waals surface area contributed by atoms with Crippen molar-refractivity contribution in [1.29, 1.82) is 0 Å². The Morgan fingerprint density at radius 2 is 1.15 bits per heavy atom. The van der Waals surface area contributed by atoms with Gasteiger partial charge in [-0.2, -0.15) is 0 Å². The van der Waals surface area contributed by atoms with E-state index in [4.69, 9.17) is 0 Å². The minimum atomic E-state index is -3.56. The number of sulfone groups is 1. The second-order valence-electron chi connectivity index (χ2n) is 8.01. The molecule has 5 heteroatoms. The first kappa shape index (κ1) is 23.4. The molecule has 0 heterocycles. The Kier molecular flexibility index (Phi) is 7.76. The molecule has 1 atom stereocenters. The van der Waals surface area contributed by atoms with E-state index in [1.807, 2.05) is 72.8 Å². The molecule has 0 radical (unpaired) electrons. The van der Waals surface area contributed by atoms with Crippen LogP contribution in [0.4, 0.5) is 0 Å². The first-order valence-electron chi connectivity index (χ1n) is 10.9. The van der Waals surface area contributed by atoms with Gasteiger partial charge in [-0.15, -0.1) is 0 Å². The largest absolute Gasteiger partial charge is 0.309 e. The van der Waals surface area contributed by atoms with Crippen molar-refractivity contribution in [2.75, 3.05) is 0 Å². The first-order chi connectivity index (χ1) is 16.0. The summed E-state index contributed by atoms with van der Waals surface area (Å²) in [6, 6.07) is 34.7. The van der Waals surface area contributed by atoms with E-state index in [1.54, 1.807) is 24.3 Å². The van der Waals surface area contributed by atoms with Gasteiger partial charge >= 0.3 is 0 Å². The van der Waals surface area contributed by atoms with Gasteiger partial charge < -0.3 is 5.32 Å². The van der Waals surface area contributed by atoms with Crippen molar-refractivity contribution in [1.82, 2.24) is 5.32 Å². The summed E-state index contributed by atoms with van der Waals surface area (Å²) in [6.45, 7) is 1.51. The van der Waals surface area contributed by atoms with Crippen molar-refractivity contribution in [3.05, 3.63) is 136 Å². The predicted octanol–water partition coefficient (Wildman–Crippen LogP) is 6.50. The van der Waals surface area contributed by atoms with Gasteiger partial charge in [0, 0.05) is 17.6 Å². The lowest BCUT2D eigenvalue weighted by atomic mass is 10.0. The van der Waals surface area contributed by atoms with Gasteiger partial charge in [-0.25, -0.2) is 8.42 Å². The lowest BCUT2D eigenvalue weighted by Gasteiger charge is -2.19. The summed E-state index contributed by atoms with van der Waals surface area (Å²) >= 11 is 3.45. The van der Waals surface area contributed by atoms with Crippen molar-refractivity contribution in [3.63, 3.8) is 0 Å². The van der Waals surface area contributed by atoms with E-state index in [0.717, 1.165) is 34.3 Å². The van der Waals surface area contributed by atoms with E-state index < -0.39 is 15.1 Å². The molecule has 0 aliphatic rings. The van der Waals surface area contributed by atoms with Crippen molar-refractivity contribution in [3.8, 4) is 0 Å². The molecular formula is C28H26BrNO2S. The number of halogens is 1. The highest BCUT2D eigenvalue weighted by Crippen LogP contribution is 2.32. The normalized spacial score (nSPS) is 12.4. The summed E-state index contributed by atoms with van der Waals surface area (Å²) in [4.78, 5) is 0.348. The molecule has 0 aromatic heterocycles. The van der Waals surface area contributed by atoms with Gasteiger partial charge in [0.1, 0.15) is 0 Å². The molecule has 1 unspecified atom stereocenters. The molecule has 4 aromatic rings. The van der Waals surface area contributed by atoms with Crippen LogP contribution in [0.25, 0.3) is 0 Å². The number of benzene rings is 4. The van der Waals surface area contributed by atoms with Gasteiger partial charge in [0.25, 0.3) is 0 Å². The molecule has 0 fully saturated rings. The summed E-state index contributed by atoms with van der Waals surface area (Å²) < 4.78 is 28.2. The highest BCUT2D eigenvalue weighted by atomic mass is 79.9. The zero-order valence-corrected chi connectivity index (χ0v) is 20.6. The molecule has 33 heavy (non-hydrogen) atoms. The number of hydrogen-bond acceptors (Lipinski definition) is 3. The minimum Gasteiger partial charge on any atom is -0.309 e. The van der Waals surface area contributed by atoms with E-state index in [0.29, 0.717) is 11.3 Å². The van der Waals surface area contributed by atoms with Crippen LogP contribution in [0.1, 0.15) is 27.5 Å². The van der Waals surface area contributed by atoms with Crippen molar-refractivity contribution in [2.24, 2.45) is 0 Å². The first-order valence-corrected chi connectivity index (χ1v) is 13.2. The lowest BCUT2D eigenvalue weighted by molar-refractivity contribution is 0.581. The average Bonchev–Trinajstić information content (AvgIpc) is 2.85. The molecule has 0 bridgehead atoms. The lowest BCUT2D eigenvalue weighted by Crippen LogP contribution is -2.17. The van der Waals surface area contributed by atoms with E-state index in [2.05, 4.69) is 33.4 Å². The van der Waals surface area contributed by atoms with Gasteiger partial charge in [-0.05, 0) is 52.9 Å². The van der Waals surface area contributed by atoms with Crippen LogP contribution in [0.5, 0.6) is 0 Å². The Bertz CT molecular complexity index is 1260. The number of hydrogen-bond donors (Lipinski definition) is 1. The summed E-state index contributed by atoms with van der Waals surface area (Å²) in [5.74, 6) is 0. The summed E-state index contributed by atoms with van der Waals surface area (Å²) in [5.41, 5.74) is 4.14. The molecule has 0 saturated heterocycles. The molecule has 0 saturated carbocycles. The Hall–Kier alpha value is -2.73. The molecule has 168 valence electrons. The van der Waals surface area contributed by atoms with Crippen LogP contribution < -0.4 is 5.32 Å². The third kappa shape index (κ3) is 6.20. The topological polar surface area (TPSA) is 46.2 Å². The molecular weight excluding hydrogens is 494 g/mol. The number of rotatable bonds is 9. The molecule has 0 aliphatic carbocycles. The van der Waals surface area contributed by atoms with Crippen molar-refractivity contribution in [2.45, 2.75) is 29.7 Å². The highest BCUT2D eigenvalue weighted by molar-refractivity contribution is 9.10. The van der Waals surface area contributed by atoms with Gasteiger partial charge in [0.15, 0.2) is 9.84 Å². The fourth-order valence-corrected chi connectivity index (χ4v) is 5.87. The second kappa shape index (κ2) is 10.9. The van der Waals surface area contributed by atoms with E-state index in [-0.39, 0.29) is 0 Å². The Labute approximate surface area is 204 Å². The van der Waals surface area contributed by atoms with Crippen LogP contribution in [0, 0.1) is 0 Å². The molecule has 0 amide bonds. The van der Waals surface area contributed by atoms with E-state index in [9.17, 15) is 8.42 Å². The standard InChI is InChI=1S/C28H26BrNO2S/c29-26-17-13-22(14-18-26)19-28(33(31,32)27-9-5-2-6-10-27)25-15-11-24(12-16-25)21-30-20-23-7-3-1-4-8-23/h1-18,28,30H,19-21H2. The Morgan fingerprint density at radius 1 is 0.636 bits per heavy atom. The molecule has 3 nitrogen and oxygen atoms in total. The van der Waals surface area contributed by atoms with E-state index >= 15 is 0 Å². The fraction of sp³-hybridized carbons (Fsp3) is 0.143. The van der Waals surface area contributed by atoms with E-state index in [1.165, 1.54) is 5.56 Å². The fourth-order valence-electron chi connectivity index (χ4n) is 3.81. The summed E-state index contributed by atoms with van der Waals surface area (Å²) in [6.07, 6.45) is 0.413. The SMILES string of the molecule is O=S(=O)(c1ccccc1)C(Cc1ccc(Br)cc1)c1ccc(CNCc2ccccc2)cc1. The Morgan fingerprint density at radius 3 is 1.76 bits per heavy atom. The summed E-state index contributed by atoms with van der Waals surface area (Å²) in [5, 5.41) is 2.79. The molecule has 1 N–H and O–H groups in total. The number of nitrogens with one attached hydrogen (secondary N) is 1. The second-order valence-corrected chi connectivity index (χ2v) is 11.1. The third-order valence-electron chi connectivity index (χ3n) is 5.63. The average molecular weight is 520 g/mol. The predicted molar refractivity (Wildman–Crippen MR) is 138 cm³/mol. The molecule has 0 aliphatic heterocycles. The summed E-state index contributed by atoms with van der Waals surface area (Å²) in [7, 11) is -3.56. The van der Waals surface area contributed by atoms with Crippen LogP contribution >= 0.6 is 15.9 Å². The van der Waals surface area contributed by atoms with Crippen molar-refractivity contribution < 1.29 is 8.42 Å². The molecule has 4 aromatic carbocycles. The van der Waals surface area contributed by atoms with Crippen LogP contribution in [-0.2, 0) is 29.3 Å². The van der Waals surface area contributed by atoms with Crippen LogP contribution in [-0.4, -0.2) is 8.42 Å². The highest BCUT2D eigenvalue weighted by Gasteiger charge is 2.29. The van der Waals surface area contributed by atoms with Crippen LogP contribution in [0.3, 0.4) is 0 Å². The maximum atomic E-state index is 13.6. The minimum absolute atomic E-state index is 0.348. The zero-order valence-electron chi connectivity index (χ0n) is 18.2. The third-order valence-corrected chi connectivity index (χ3v) is 8.28. The maximum absolute atomic E-state index is 13.6. The quantitative estimate of drug-likeness (QED) is 0.274. The maximum Gasteiger partial charge on any atom is 0.185 e. The Balaban J connectivity index is 1.55. The van der Waals surface area contributed by atoms with Gasteiger partial charge in [0.05, 0.1) is 10.1 Å².